The van der Waals surface area contributed by atoms with Crippen molar-refractivity contribution < 1.29 is 4.42 Å². The van der Waals surface area contributed by atoms with Gasteiger partial charge in [0, 0.05) is 83.0 Å². The Morgan fingerprint density at radius 3 is 1.87 bits per heavy atom. The first-order valence-electron chi connectivity index (χ1n) is 23.0. The Balaban J connectivity index is 1.16. The normalized spacial score (nSPS) is 11.8. The highest BCUT2D eigenvalue weighted by Crippen LogP contribution is 2.46. The van der Waals surface area contributed by atoms with E-state index >= 15 is 0 Å². The molecule has 0 radical (unpaired) electrons. The van der Waals surface area contributed by atoms with Crippen LogP contribution in [0, 0.1) is 22.7 Å². The molecule has 69 heavy (non-hydrogen) atoms. The number of benzene rings is 9. The van der Waals surface area contributed by atoms with Crippen LogP contribution < -0.4 is 0 Å². The van der Waals surface area contributed by atoms with Gasteiger partial charge in [-0.1, -0.05) is 140 Å². The van der Waals surface area contributed by atoms with Gasteiger partial charge in [-0.15, -0.1) is 0 Å². The molecule has 322 valence electrons. The molecule has 0 aliphatic carbocycles. The van der Waals surface area contributed by atoms with Crippen molar-refractivity contribution in [1.82, 2.24) is 13.7 Å². The summed E-state index contributed by atoms with van der Waals surface area (Å²) in [7, 11) is 0. The van der Waals surface area contributed by atoms with Crippen LogP contribution in [0.15, 0.2) is 205 Å². The molecular formula is C63H39N5O. The van der Waals surface area contributed by atoms with Crippen molar-refractivity contribution in [3.05, 3.63) is 223 Å². The molecule has 9 aromatic carbocycles. The molecule has 0 amide bonds. The molecule has 0 atom stereocenters. The maximum Gasteiger partial charge on any atom is 0.137 e. The summed E-state index contributed by atoms with van der Waals surface area (Å²) in [5, 5.41) is 29.3. The Bertz CT molecular complexity index is 4420. The molecular weight excluding hydrogens is 843 g/mol. The van der Waals surface area contributed by atoms with Gasteiger partial charge in [-0.25, -0.2) is 0 Å². The zero-order chi connectivity index (χ0) is 46.3. The van der Waals surface area contributed by atoms with Crippen LogP contribution >= 0.6 is 0 Å². The second-order valence-corrected chi connectivity index (χ2v) is 17.4. The highest BCUT2D eigenvalue weighted by molar-refractivity contribution is 6.26. The van der Waals surface area contributed by atoms with Crippen molar-refractivity contribution in [3.63, 3.8) is 0 Å². The molecule has 0 aliphatic heterocycles. The van der Waals surface area contributed by atoms with Gasteiger partial charge in [-0.3, -0.25) is 0 Å². The van der Waals surface area contributed by atoms with Crippen molar-refractivity contribution >= 4 is 88.5 Å². The van der Waals surface area contributed by atoms with E-state index in [-0.39, 0.29) is 0 Å². The van der Waals surface area contributed by atoms with Crippen LogP contribution in [0.4, 0.5) is 0 Å². The average molecular weight is 882 g/mol. The maximum atomic E-state index is 11.2. The molecule has 4 aromatic heterocycles. The van der Waals surface area contributed by atoms with Gasteiger partial charge in [-0.2, -0.15) is 10.5 Å². The summed E-state index contributed by atoms with van der Waals surface area (Å²) in [5.74, 6) is 0.717. The Hall–Kier alpha value is -9.62. The monoisotopic (exact) mass is 881 g/mol. The molecule has 0 aliphatic rings. The van der Waals surface area contributed by atoms with Gasteiger partial charge in [0.1, 0.15) is 17.4 Å². The van der Waals surface area contributed by atoms with Gasteiger partial charge in [0.25, 0.3) is 0 Å². The van der Waals surface area contributed by atoms with E-state index < -0.39 is 0 Å². The number of hydrogen-bond acceptors (Lipinski definition) is 3. The first-order chi connectivity index (χ1) is 34.1. The summed E-state index contributed by atoms with van der Waals surface area (Å²) in [4.78, 5) is 0. The Morgan fingerprint density at radius 2 is 1.13 bits per heavy atom. The smallest absolute Gasteiger partial charge is 0.137 e. The molecule has 0 saturated heterocycles. The highest BCUT2D eigenvalue weighted by Gasteiger charge is 2.25. The van der Waals surface area contributed by atoms with Gasteiger partial charge in [0.15, 0.2) is 0 Å². The van der Waals surface area contributed by atoms with Crippen LogP contribution in [0.5, 0.6) is 0 Å². The molecule has 4 heterocycles. The predicted octanol–water partition coefficient (Wildman–Crippen LogP) is 16.5. The Labute approximate surface area is 397 Å². The minimum atomic E-state index is 0.489. The highest BCUT2D eigenvalue weighted by atomic mass is 16.3. The lowest BCUT2D eigenvalue weighted by atomic mass is 9.90. The van der Waals surface area contributed by atoms with E-state index in [2.05, 4.69) is 184 Å². The van der Waals surface area contributed by atoms with E-state index in [0.717, 1.165) is 99.4 Å². The maximum absolute atomic E-state index is 11.2. The molecule has 0 bridgehead atoms. The molecule has 6 nitrogen and oxygen atoms in total. The second kappa shape index (κ2) is 15.5. The van der Waals surface area contributed by atoms with E-state index in [1.807, 2.05) is 49.4 Å². The van der Waals surface area contributed by atoms with E-state index in [9.17, 15) is 10.5 Å². The molecule has 6 heteroatoms. The molecule has 0 spiro atoms. The number of furan rings is 1. The summed E-state index contributed by atoms with van der Waals surface area (Å²) in [6, 6.07) is 70.4. The van der Waals surface area contributed by atoms with Crippen molar-refractivity contribution in [1.29, 1.82) is 10.5 Å². The first-order valence-corrected chi connectivity index (χ1v) is 23.0. The quantitative estimate of drug-likeness (QED) is 0.160. The van der Waals surface area contributed by atoms with Crippen molar-refractivity contribution in [2.24, 2.45) is 0 Å². The van der Waals surface area contributed by atoms with E-state index in [0.29, 0.717) is 28.0 Å². The second-order valence-electron chi connectivity index (χ2n) is 17.4. The largest absolute Gasteiger partial charge is 0.456 e. The number of aromatic nitrogens is 3. The molecule has 13 aromatic rings. The third-order valence-corrected chi connectivity index (χ3v) is 13.8. The summed E-state index contributed by atoms with van der Waals surface area (Å²) in [5.41, 5.74) is 15.1. The van der Waals surface area contributed by atoms with Crippen LogP contribution in [0.2, 0.25) is 0 Å². The summed E-state index contributed by atoms with van der Waals surface area (Å²) in [6.07, 6.45) is 5.88. The summed E-state index contributed by atoms with van der Waals surface area (Å²) >= 11 is 0. The van der Waals surface area contributed by atoms with E-state index in [1.54, 1.807) is 12.1 Å². The summed E-state index contributed by atoms with van der Waals surface area (Å²) in [6.45, 7) is 6.10. The number of rotatable bonds is 7. The third kappa shape index (κ3) is 5.77. The Morgan fingerprint density at radius 1 is 0.478 bits per heavy atom. The Kier molecular flexibility index (Phi) is 8.92. The van der Waals surface area contributed by atoms with Gasteiger partial charge in [-0.05, 0) is 73.7 Å². The zero-order valence-electron chi connectivity index (χ0n) is 37.5. The molecule has 0 N–H and O–H groups in total. The van der Waals surface area contributed by atoms with E-state index in [4.69, 9.17) is 4.42 Å². The van der Waals surface area contributed by atoms with Crippen LogP contribution in [0.25, 0.3) is 128 Å². The van der Waals surface area contributed by atoms with Crippen LogP contribution in [-0.4, -0.2) is 13.7 Å². The number of hydrogen-bond donors (Lipinski definition) is 0. The molecule has 0 unspecified atom stereocenters. The van der Waals surface area contributed by atoms with E-state index in [1.165, 1.54) is 10.8 Å². The van der Waals surface area contributed by atoms with Crippen molar-refractivity contribution in [2.45, 2.75) is 6.92 Å². The lowest BCUT2D eigenvalue weighted by Gasteiger charge is -2.19. The number of nitriles is 2. The van der Waals surface area contributed by atoms with Gasteiger partial charge in [0.2, 0.25) is 0 Å². The minimum absolute atomic E-state index is 0.489. The fraction of sp³-hybridized carbons (Fsp3) is 0.0159. The SMILES string of the molecule is C=Cc1oc2cc3c(cc2c1/C=C\C)c1ccccc1n3-c1cc(-n2c3ccccc3c3c2ccc2c4ccccc4n(-c4ccccc4)c23)ccc1-c1cccc(-c2ccccc2C#N)c1C#N. The minimum Gasteiger partial charge on any atom is -0.456 e. The van der Waals surface area contributed by atoms with Crippen LogP contribution in [0.3, 0.4) is 0 Å². The third-order valence-electron chi connectivity index (χ3n) is 13.8. The van der Waals surface area contributed by atoms with Gasteiger partial charge in [0.05, 0.1) is 56.0 Å². The molecule has 0 fully saturated rings. The van der Waals surface area contributed by atoms with Crippen LogP contribution in [-0.2, 0) is 0 Å². The standard InChI is InChI=1S/C63H39N5O/c1-3-17-48-52-35-51-46-23-11-14-28-55(46)68(59(51)36-61(52)69-60(48)4-2)58-34-41(30-31-47(58)44-26-16-25-43(53(44)38-65)42-21-9-8-18-39(42)37-64)66-56-29-15-12-24-50(56)62-57(66)33-32-49-45-22-10-13-27-54(45)67(63(49)62)40-19-6-5-7-20-40/h3-36H,2H2,1H3/b17-3-. The van der Waals surface area contributed by atoms with Gasteiger partial charge >= 0.3 is 0 Å². The fourth-order valence-corrected chi connectivity index (χ4v) is 11.0. The number of fused-ring (bicyclic) bond motifs is 11. The fourth-order valence-electron chi connectivity index (χ4n) is 11.0. The molecule has 13 rings (SSSR count). The number of allylic oxidation sites excluding steroid dienone is 1. The number of para-hydroxylation sites is 4. The zero-order valence-corrected chi connectivity index (χ0v) is 37.5. The average Bonchev–Trinajstić information content (AvgIpc) is 4.14. The number of nitrogens with zero attached hydrogens (tertiary/aromatic N) is 5. The lowest BCUT2D eigenvalue weighted by Crippen LogP contribution is -2.02. The van der Waals surface area contributed by atoms with Crippen molar-refractivity contribution in [2.75, 3.05) is 0 Å². The van der Waals surface area contributed by atoms with Gasteiger partial charge < -0.3 is 18.1 Å². The first kappa shape index (κ1) is 39.7. The topological polar surface area (TPSA) is 75.5 Å². The lowest BCUT2D eigenvalue weighted by molar-refractivity contribution is 0.604. The van der Waals surface area contributed by atoms with Crippen LogP contribution in [0.1, 0.15) is 29.4 Å². The van der Waals surface area contributed by atoms with Crippen molar-refractivity contribution in [3.8, 4) is 51.5 Å². The predicted molar refractivity (Wildman–Crippen MR) is 284 cm³/mol. The molecule has 0 saturated carbocycles. The summed E-state index contributed by atoms with van der Waals surface area (Å²) < 4.78 is 13.7.